The van der Waals surface area contributed by atoms with Crippen LogP contribution in [0.15, 0.2) is 72.9 Å². The molecule has 3 rings (SSSR count). The number of nitrogens with zero attached hydrogens (tertiary/aromatic N) is 2. The molecule has 0 unspecified atom stereocenters. The summed E-state index contributed by atoms with van der Waals surface area (Å²) in [6.45, 7) is 2.46. The number of benzene rings is 2. The lowest BCUT2D eigenvalue weighted by atomic mass is 10.1. The number of anilines is 1. The Kier molecular flexibility index (Phi) is 5.61. The van der Waals surface area contributed by atoms with Crippen molar-refractivity contribution in [2.45, 2.75) is 13.5 Å². The minimum atomic E-state index is -0.277. The van der Waals surface area contributed by atoms with Crippen LogP contribution in [0.4, 0.5) is 5.69 Å². The summed E-state index contributed by atoms with van der Waals surface area (Å²) < 4.78 is 0. The molecule has 0 saturated carbocycles. The average molecular weight is 359 g/mol. The Morgan fingerprint density at radius 2 is 1.70 bits per heavy atom. The second-order valence-electron chi connectivity index (χ2n) is 6.40. The Morgan fingerprint density at radius 1 is 1.00 bits per heavy atom. The van der Waals surface area contributed by atoms with Crippen molar-refractivity contribution in [1.29, 1.82) is 0 Å². The van der Waals surface area contributed by atoms with E-state index >= 15 is 0 Å². The maximum atomic E-state index is 12.7. The molecule has 0 aliphatic rings. The molecule has 1 heterocycles. The molecule has 1 aromatic heterocycles. The van der Waals surface area contributed by atoms with E-state index in [0.29, 0.717) is 17.8 Å². The third kappa shape index (κ3) is 4.79. The highest BCUT2D eigenvalue weighted by Crippen LogP contribution is 2.12. The van der Waals surface area contributed by atoms with Gasteiger partial charge in [0.15, 0.2) is 0 Å². The molecule has 0 aliphatic carbocycles. The van der Waals surface area contributed by atoms with Crippen molar-refractivity contribution in [3.05, 3.63) is 95.3 Å². The van der Waals surface area contributed by atoms with E-state index in [2.05, 4.69) is 10.3 Å². The van der Waals surface area contributed by atoms with Gasteiger partial charge in [0.1, 0.15) is 5.69 Å². The van der Waals surface area contributed by atoms with Gasteiger partial charge in [-0.3, -0.25) is 14.6 Å². The van der Waals surface area contributed by atoms with Gasteiger partial charge in [-0.05, 0) is 36.8 Å². The molecule has 0 radical (unpaired) electrons. The lowest BCUT2D eigenvalue weighted by Gasteiger charge is -2.17. The Morgan fingerprint density at radius 3 is 2.41 bits per heavy atom. The molecule has 27 heavy (non-hydrogen) atoms. The highest BCUT2D eigenvalue weighted by atomic mass is 16.2. The zero-order valence-electron chi connectivity index (χ0n) is 15.3. The summed E-state index contributed by atoms with van der Waals surface area (Å²) in [5.41, 5.74) is 3.48. The Balaban J connectivity index is 1.71. The largest absolute Gasteiger partial charge is 0.336 e. The number of rotatable bonds is 5. The molecule has 0 saturated heterocycles. The fourth-order valence-corrected chi connectivity index (χ4v) is 2.65. The minimum Gasteiger partial charge on any atom is -0.336 e. The number of hydrogen-bond acceptors (Lipinski definition) is 3. The zero-order valence-corrected chi connectivity index (χ0v) is 15.3. The fraction of sp³-hybridized carbons (Fsp3) is 0.136. The van der Waals surface area contributed by atoms with Crippen LogP contribution >= 0.6 is 0 Å². The molecular weight excluding hydrogens is 338 g/mol. The number of nitrogens with one attached hydrogen (secondary N) is 1. The zero-order chi connectivity index (χ0) is 19.2. The average Bonchev–Trinajstić information content (AvgIpc) is 2.70. The Hall–Kier alpha value is -3.47. The molecule has 1 N–H and O–H groups in total. The first-order chi connectivity index (χ1) is 13.0. The molecule has 2 amide bonds. The summed E-state index contributed by atoms with van der Waals surface area (Å²) in [5, 5.41) is 2.83. The van der Waals surface area contributed by atoms with Crippen molar-refractivity contribution in [3.63, 3.8) is 0 Å². The molecule has 5 heteroatoms. The van der Waals surface area contributed by atoms with Gasteiger partial charge in [0.2, 0.25) is 0 Å². The van der Waals surface area contributed by atoms with E-state index in [1.807, 2.05) is 61.5 Å². The minimum absolute atomic E-state index is 0.233. The standard InChI is InChI=1S/C22H21N3O2/c1-16-8-10-19(11-9-16)24-21(26)18-12-13-23-20(14-18)22(27)25(2)15-17-6-4-3-5-7-17/h3-14H,15H2,1-2H3,(H,24,26). The predicted molar refractivity (Wildman–Crippen MR) is 106 cm³/mol. The van der Waals surface area contributed by atoms with Crippen molar-refractivity contribution >= 4 is 17.5 Å². The third-order valence-corrected chi connectivity index (χ3v) is 4.16. The van der Waals surface area contributed by atoms with E-state index in [4.69, 9.17) is 0 Å². The number of carbonyl (C=O) groups excluding carboxylic acids is 2. The van der Waals surface area contributed by atoms with Crippen LogP contribution in [0.2, 0.25) is 0 Å². The van der Waals surface area contributed by atoms with Crippen LogP contribution in [0.1, 0.15) is 32.0 Å². The van der Waals surface area contributed by atoms with Crippen LogP contribution in [0, 0.1) is 6.92 Å². The lowest BCUT2D eigenvalue weighted by Crippen LogP contribution is -2.27. The number of aromatic nitrogens is 1. The molecule has 5 nitrogen and oxygen atoms in total. The number of amides is 2. The van der Waals surface area contributed by atoms with Gasteiger partial charge in [-0.1, -0.05) is 48.0 Å². The van der Waals surface area contributed by atoms with Crippen LogP contribution in [0.5, 0.6) is 0 Å². The molecule has 0 aliphatic heterocycles. The van der Waals surface area contributed by atoms with Crippen LogP contribution in [-0.4, -0.2) is 28.7 Å². The smallest absolute Gasteiger partial charge is 0.272 e. The molecule has 0 spiro atoms. The topological polar surface area (TPSA) is 62.3 Å². The first kappa shape index (κ1) is 18.3. The first-order valence-electron chi connectivity index (χ1n) is 8.66. The van der Waals surface area contributed by atoms with Gasteiger partial charge >= 0.3 is 0 Å². The normalized spacial score (nSPS) is 10.3. The summed E-state index contributed by atoms with van der Waals surface area (Å²) in [5.74, 6) is -0.509. The van der Waals surface area contributed by atoms with Gasteiger partial charge in [0, 0.05) is 31.0 Å². The Bertz CT molecular complexity index is 937. The summed E-state index contributed by atoms with van der Waals surface area (Å²) >= 11 is 0. The fourth-order valence-electron chi connectivity index (χ4n) is 2.65. The maximum Gasteiger partial charge on any atom is 0.272 e. The van der Waals surface area contributed by atoms with Crippen LogP contribution < -0.4 is 5.32 Å². The second-order valence-corrected chi connectivity index (χ2v) is 6.40. The van der Waals surface area contributed by atoms with E-state index in [0.717, 1.165) is 11.1 Å². The summed E-state index contributed by atoms with van der Waals surface area (Å²) in [6.07, 6.45) is 1.48. The number of carbonyl (C=O) groups is 2. The van der Waals surface area contributed by atoms with E-state index in [9.17, 15) is 9.59 Å². The highest BCUT2D eigenvalue weighted by Gasteiger charge is 2.16. The lowest BCUT2D eigenvalue weighted by molar-refractivity contribution is 0.0779. The summed E-state index contributed by atoms with van der Waals surface area (Å²) in [6, 6.07) is 20.4. The molecule has 0 fully saturated rings. The van der Waals surface area contributed by atoms with Gasteiger partial charge in [0.25, 0.3) is 11.8 Å². The molecule has 2 aromatic carbocycles. The van der Waals surface area contributed by atoms with Crippen molar-refractivity contribution < 1.29 is 9.59 Å². The highest BCUT2D eigenvalue weighted by molar-refractivity contribution is 6.05. The molecule has 136 valence electrons. The second kappa shape index (κ2) is 8.27. The van der Waals surface area contributed by atoms with Crippen LogP contribution in [-0.2, 0) is 6.54 Å². The van der Waals surface area contributed by atoms with E-state index in [1.165, 1.54) is 12.3 Å². The van der Waals surface area contributed by atoms with E-state index < -0.39 is 0 Å². The van der Waals surface area contributed by atoms with Crippen molar-refractivity contribution in [2.24, 2.45) is 0 Å². The van der Waals surface area contributed by atoms with Gasteiger partial charge in [0.05, 0.1) is 0 Å². The number of pyridine rings is 1. The van der Waals surface area contributed by atoms with Crippen LogP contribution in [0.25, 0.3) is 0 Å². The molecular formula is C22H21N3O2. The van der Waals surface area contributed by atoms with Crippen molar-refractivity contribution in [3.8, 4) is 0 Å². The number of hydrogen-bond donors (Lipinski definition) is 1. The monoisotopic (exact) mass is 359 g/mol. The van der Waals surface area contributed by atoms with E-state index in [1.54, 1.807) is 18.0 Å². The molecule has 0 atom stereocenters. The van der Waals surface area contributed by atoms with Crippen LogP contribution in [0.3, 0.4) is 0 Å². The van der Waals surface area contributed by atoms with Gasteiger partial charge in [-0.25, -0.2) is 0 Å². The third-order valence-electron chi connectivity index (χ3n) is 4.16. The Labute approximate surface area is 158 Å². The SMILES string of the molecule is Cc1ccc(NC(=O)c2ccnc(C(=O)N(C)Cc3ccccc3)c2)cc1. The van der Waals surface area contributed by atoms with Gasteiger partial charge < -0.3 is 10.2 Å². The molecule has 0 bridgehead atoms. The van der Waals surface area contributed by atoms with Crippen molar-refractivity contribution in [1.82, 2.24) is 9.88 Å². The quantitative estimate of drug-likeness (QED) is 0.751. The van der Waals surface area contributed by atoms with Gasteiger partial charge in [-0.15, -0.1) is 0 Å². The van der Waals surface area contributed by atoms with Gasteiger partial charge in [-0.2, -0.15) is 0 Å². The summed E-state index contributed by atoms with van der Waals surface area (Å²) in [4.78, 5) is 30.8. The van der Waals surface area contributed by atoms with E-state index in [-0.39, 0.29) is 17.5 Å². The molecule has 3 aromatic rings. The van der Waals surface area contributed by atoms with Crippen molar-refractivity contribution in [2.75, 3.05) is 12.4 Å². The summed E-state index contributed by atoms with van der Waals surface area (Å²) in [7, 11) is 1.72. The first-order valence-corrected chi connectivity index (χ1v) is 8.66. The number of aryl methyl sites for hydroxylation is 1. The maximum absolute atomic E-state index is 12.7. The predicted octanol–water partition coefficient (Wildman–Crippen LogP) is 3.91.